The molecule has 4 nitrogen and oxygen atoms in total. The molecule has 0 saturated heterocycles. The normalized spacial score (nSPS) is 9.69. The lowest BCUT2D eigenvalue weighted by Gasteiger charge is -1.99. The van der Waals surface area contributed by atoms with Crippen LogP contribution in [0.25, 0.3) is 0 Å². The fraction of sp³-hybridized carbons (Fsp3) is 0.333. The van der Waals surface area contributed by atoms with Gasteiger partial charge in [0.25, 0.3) is 0 Å². The van der Waals surface area contributed by atoms with Gasteiger partial charge in [-0.1, -0.05) is 11.6 Å². The Labute approximate surface area is 76.5 Å². The van der Waals surface area contributed by atoms with Crippen LogP contribution in [0.3, 0.4) is 0 Å². The second-order valence-electron chi connectivity index (χ2n) is 2.99. The summed E-state index contributed by atoms with van der Waals surface area (Å²) in [7, 11) is 0. The standard InChI is InChI=1S/C9H12N2O2/c1-7(2)4-6-11-8(9(12)13)3-5-10-11/h3-5H,6H2,1-2H3,(H,12,13). The third-order valence-electron chi connectivity index (χ3n) is 1.61. The number of aromatic carboxylic acids is 1. The van der Waals surface area contributed by atoms with Gasteiger partial charge in [0.05, 0.1) is 6.54 Å². The van der Waals surface area contributed by atoms with E-state index in [0.29, 0.717) is 6.54 Å². The lowest BCUT2D eigenvalue weighted by molar-refractivity contribution is 0.0684. The minimum absolute atomic E-state index is 0.220. The molecule has 0 aliphatic heterocycles. The van der Waals surface area contributed by atoms with Crippen molar-refractivity contribution in [2.75, 3.05) is 0 Å². The summed E-state index contributed by atoms with van der Waals surface area (Å²) in [5.74, 6) is -0.945. The summed E-state index contributed by atoms with van der Waals surface area (Å²) in [6.07, 6.45) is 3.42. The zero-order valence-electron chi connectivity index (χ0n) is 7.69. The first kappa shape index (κ1) is 9.51. The molecule has 1 rings (SSSR count). The van der Waals surface area contributed by atoms with E-state index in [2.05, 4.69) is 5.10 Å². The molecule has 0 radical (unpaired) electrons. The average Bonchev–Trinajstić information content (AvgIpc) is 2.47. The van der Waals surface area contributed by atoms with E-state index in [0.717, 1.165) is 5.57 Å². The highest BCUT2D eigenvalue weighted by Crippen LogP contribution is 2.00. The second kappa shape index (κ2) is 3.89. The molecule has 1 N–H and O–H groups in total. The summed E-state index contributed by atoms with van der Waals surface area (Å²) in [6, 6.07) is 1.49. The fourth-order valence-corrected chi connectivity index (χ4v) is 0.929. The maximum atomic E-state index is 10.6. The lowest BCUT2D eigenvalue weighted by atomic mass is 10.3. The van der Waals surface area contributed by atoms with E-state index in [1.165, 1.54) is 16.9 Å². The van der Waals surface area contributed by atoms with E-state index in [1.54, 1.807) is 0 Å². The zero-order chi connectivity index (χ0) is 9.84. The number of hydrogen-bond donors (Lipinski definition) is 1. The van der Waals surface area contributed by atoms with Gasteiger partial charge in [-0.3, -0.25) is 4.68 Å². The number of aromatic nitrogens is 2. The summed E-state index contributed by atoms with van der Waals surface area (Å²) < 4.78 is 1.45. The van der Waals surface area contributed by atoms with Crippen LogP contribution in [0.5, 0.6) is 0 Å². The quantitative estimate of drug-likeness (QED) is 0.718. The molecule has 0 spiro atoms. The molecular formula is C9H12N2O2. The van der Waals surface area contributed by atoms with Gasteiger partial charge in [0.2, 0.25) is 0 Å². The number of carboxylic acid groups (broad SMARTS) is 1. The molecule has 0 fully saturated rings. The summed E-state index contributed by atoms with van der Waals surface area (Å²) in [4.78, 5) is 10.6. The maximum absolute atomic E-state index is 10.6. The van der Waals surface area contributed by atoms with E-state index in [4.69, 9.17) is 5.11 Å². The Morgan fingerprint density at radius 2 is 2.38 bits per heavy atom. The Morgan fingerprint density at radius 3 is 2.92 bits per heavy atom. The molecule has 70 valence electrons. The first-order valence-corrected chi connectivity index (χ1v) is 3.99. The average molecular weight is 180 g/mol. The van der Waals surface area contributed by atoms with Crippen LogP contribution in [0.4, 0.5) is 0 Å². The molecular weight excluding hydrogens is 168 g/mol. The zero-order valence-corrected chi connectivity index (χ0v) is 7.69. The smallest absolute Gasteiger partial charge is 0.354 e. The van der Waals surface area contributed by atoms with Crippen LogP contribution in [0.15, 0.2) is 23.9 Å². The monoisotopic (exact) mass is 180 g/mol. The Kier molecular flexibility index (Phi) is 2.84. The molecule has 0 aromatic carbocycles. The summed E-state index contributed by atoms with van der Waals surface area (Å²) in [6.45, 7) is 4.44. The molecule has 0 atom stereocenters. The molecule has 0 aliphatic rings. The Bertz CT molecular complexity index is 335. The molecule has 0 amide bonds. The molecule has 1 aromatic rings. The van der Waals surface area contributed by atoms with Crippen LogP contribution < -0.4 is 0 Å². The molecule has 1 heterocycles. The van der Waals surface area contributed by atoms with Gasteiger partial charge in [-0.05, 0) is 19.9 Å². The first-order valence-electron chi connectivity index (χ1n) is 3.99. The summed E-state index contributed by atoms with van der Waals surface area (Å²) in [5.41, 5.74) is 1.37. The van der Waals surface area contributed by atoms with Crippen molar-refractivity contribution >= 4 is 5.97 Å². The van der Waals surface area contributed by atoms with E-state index >= 15 is 0 Å². The van der Waals surface area contributed by atoms with Gasteiger partial charge in [0.15, 0.2) is 0 Å². The van der Waals surface area contributed by atoms with Crippen molar-refractivity contribution in [2.45, 2.75) is 20.4 Å². The van der Waals surface area contributed by atoms with Crippen molar-refractivity contribution < 1.29 is 9.90 Å². The third-order valence-corrected chi connectivity index (χ3v) is 1.61. The maximum Gasteiger partial charge on any atom is 0.354 e. The van der Waals surface area contributed by atoms with Crippen molar-refractivity contribution in [1.82, 2.24) is 9.78 Å². The predicted molar refractivity (Wildman–Crippen MR) is 48.6 cm³/mol. The molecule has 1 aromatic heterocycles. The Balaban J connectivity index is 2.83. The Morgan fingerprint density at radius 1 is 1.69 bits per heavy atom. The van der Waals surface area contributed by atoms with Gasteiger partial charge in [-0.25, -0.2) is 4.79 Å². The van der Waals surface area contributed by atoms with Gasteiger partial charge in [0.1, 0.15) is 5.69 Å². The van der Waals surface area contributed by atoms with Gasteiger partial charge in [-0.2, -0.15) is 5.10 Å². The van der Waals surface area contributed by atoms with E-state index in [9.17, 15) is 4.79 Å². The number of carbonyl (C=O) groups is 1. The van der Waals surface area contributed by atoms with Crippen molar-refractivity contribution in [1.29, 1.82) is 0 Å². The number of hydrogen-bond acceptors (Lipinski definition) is 2. The minimum Gasteiger partial charge on any atom is -0.477 e. The van der Waals surface area contributed by atoms with Crippen molar-refractivity contribution in [2.24, 2.45) is 0 Å². The molecule has 0 saturated carbocycles. The van der Waals surface area contributed by atoms with Crippen LogP contribution in [0.2, 0.25) is 0 Å². The third kappa shape index (κ3) is 2.43. The highest BCUT2D eigenvalue weighted by Gasteiger charge is 2.07. The van der Waals surface area contributed by atoms with Crippen molar-refractivity contribution in [3.8, 4) is 0 Å². The van der Waals surface area contributed by atoms with Gasteiger partial charge < -0.3 is 5.11 Å². The van der Waals surface area contributed by atoms with E-state index in [1.807, 2.05) is 19.9 Å². The van der Waals surface area contributed by atoms with Crippen LogP contribution in [-0.2, 0) is 6.54 Å². The van der Waals surface area contributed by atoms with Crippen molar-refractivity contribution in [3.05, 3.63) is 29.6 Å². The fourth-order valence-electron chi connectivity index (χ4n) is 0.929. The van der Waals surface area contributed by atoms with Crippen LogP contribution in [-0.4, -0.2) is 20.9 Å². The van der Waals surface area contributed by atoms with Crippen LogP contribution in [0.1, 0.15) is 24.3 Å². The van der Waals surface area contributed by atoms with Crippen molar-refractivity contribution in [3.63, 3.8) is 0 Å². The highest BCUT2D eigenvalue weighted by molar-refractivity contribution is 5.85. The number of rotatable bonds is 3. The Hall–Kier alpha value is -1.58. The highest BCUT2D eigenvalue weighted by atomic mass is 16.4. The largest absolute Gasteiger partial charge is 0.477 e. The first-order chi connectivity index (χ1) is 6.11. The molecule has 0 bridgehead atoms. The summed E-state index contributed by atoms with van der Waals surface area (Å²) >= 11 is 0. The SMILES string of the molecule is CC(C)=CCn1nccc1C(=O)O. The molecule has 4 heteroatoms. The van der Waals surface area contributed by atoms with E-state index in [-0.39, 0.29) is 5.69 Å². The molecule has 0 unspecified atom stereocenters. The number of allylic oxidation sites excluding steroid dienone is 2. The van der Waals surface area contributed by atoms with Gasteiger partial charge in [-0.15, -0.1) is 0 Å². The second-order valence-corrected chi connectivity index (χ2v) is 2.99. The van der Waals surface area contributed by atoms with Gasteiger partial charge in [0, 0.05) is 6.20 Å². The van der Waals surface area contributed by atoms with Gasteiger partial charge >= 0.3 is 5.97 Å². The predicted octanol–water partition coefficient (Wildman–Crippen LogP) is 1.55. The number of nitrogens with zero attached hydrogens (tertiary/aromatic N) is 2. The molecule has 13 heavy (non-hydrogen) atoms. The lowest BCUT2D eigenvalue weighted by Crippen LogP contribution is -2.08. The molecule has 0 aliphatic carbocycles. The van der Waals surface area contributed by atoms with E-state index < -0.39 is 5.97 Å². The van der Waals surface area contributed by atoms with Crippen LogP contribution in [0, 0.1) is 0 Å². The topological polar surface area (TPSA) is 55.1 Å². The minimum atomic E-state index is -0.945. The number of carboxylic acids is 1. The summed E-state index contributed by atoms with van der Waals surface area (Å²) in [5, 5.41) is 12.6. The van der Waals surface area contributed by atoms with Crippen LogP contribution >= 0.6 is 0 Å².